The van der Waals surface area contributed by atoms with E-state index in [2.05, 4.69) is 9.97 Å². The molecule has 1 aliphatic rings. The first kappa shape index (κ1) is 22.0. The first-order valence-electron chi connectivity index (χ1n) is 9.14. The third-order valence-electron chi connectivity index (χ3n) is 5.11. The van der Waals surface area contributed by atoms with E-state index in [1.165, 1.54) is 4.90 Å². The normalized spacial score (nSPS) is 16.6. The molecule has 0 saturated carbocycles. The van der Waals surface area contributed by atoms with Crippen molar-refractivity contribution in [2.45, 2.75) is 31.5 Å². The molecule has 2 N–H and O–H groups in total. The van der Waals surface area contributed by atoms with Gasteiger partial charge >= 0.3 is 6.18 Å². The Kier molecular flexibility index (Phi) is 6.30. The highest BCUT2D eigenvalue weighted by molar-refractivity contribution is 5.92. The number of aromatic nitrogens is 2. The number of hydrogen-bond acceptors (Lipinski definition) is 4. The third-order valence-corrected chi connectivity index (χ3v) is 5.11. The van der Waals surface area contributed by atoms with Gasteiger partial charge in [0, 0.05) is 31.4 Å². The van der Waals surface area contributed by atoms with Crippen molar-refractivity contribution >= 4 is 5.91 Å². The minimum atomic E-state index is -4.76. The van der Waals surface area contributed by atoms with Gasteiger partial charge in [0.25, 0.3) is 5.91 Å². The van der Waals surface area contributed by atoms with Gasteiger partial charge in [-0.2, -0.15) is 13.2 Å². The number of nitrogens with two attached hydrogens (primary N) is 1. The highest BCUT2D eigenvalue weighted by Crippen LogP contribution is 2.27. The highest BCUT2D eigenvalue weighted by atomic mass is 19.4. The number of halogens is 6. The number of likely N-dealkylation sites (tertiary alicyclic amines) is 1. The highest BCUT2D eigenvalue weighted by Gasteiger charge is 2.36. The summed E-state index contributed by atoms with van der Waals surface area (Å²) in [7, 11) is 0. The van der Waals surface area contributed by atoms with Crippen LogP contribution in [-0.4, -0.2) is 39.9 Å². The minimum Gasteiger partial charge on any atom is -0.337 e. The minimum absolute atomic E-state index is 0.0114. The molecule has 1 aromatic carbocycles. The molecule has 162 valence electrons. The van der Waals surface area contributed by atoms with Crippen LogP contribution in [0.15, 0.2) is 24.4 Å². The van der Waals surface area contributed by atoms with Gasteiger partial charge in [0.1, 0.15) is 11.5 Å². The van der Waals surface area contributed by atoms with Crippen LogP contribution in [0, 0.1) is 23.4 Å². The second-order valence-electron chi connectivity index (χ2n) is 7.12. The number of carbonyl (C=O) groups is 1. The van der Waals surface area contributed by atoms with Crippen LogP contribution in [0.25, 0.3) is 0 Å². The van der Waals surface area contributed by atoms with Gasteiger partial charge in [-0.1, -0.05) is 0 Å². The summed E-state index contributed by atoms with van der Waals surface area (Å²) in [5.41, 5.74) is 5.71. The van der Waals surface area contributed by atoms with Gasteiger partial charge in [-0.25, -0.2) is 23.1 Å². The van der Waals surface area contributed by atoms with E-state index >= 15 is 0 Å². The van der Waals surface area contributed by atoms with Crippen molar-refractivity contribution in [2.75, 3.05) is 13.1 Å². The predicted octanol–water partition coefficient (Wildman–Crippen LogP) is 3.33. The molecule has 30 heavy (non-hydrogen) atoms. The number of rotatable bonds is 4. The van der Waals surface area contributed by atoms with E-state index < -0.39 is 41.4 Å². The first-order chi connectivity index (χ1) is 14.1. The Morgan fingerprint density at radius 3 is 2.40 bits per heavy atom. The molecule has 1 saturated heterocycles. The molecule has 1 aromatic heterocycles. The quantitative estimate of drug-likeness (QED) is 0.594. The van der Waals surface area contributed by atoms with Crippen molar-refractivity contribution in [3.8, 4) is 0 Å². The molecule has 1 amide bonds. The zero-order valence-corrected chi connectivity index (χ0v) is 15.6. The molecule has 0 spiro atoms. The van der Waals surface area contributed by atoms with Gasteiger partial charge in [0.05, 0.1) is 0 Å². The SMILES string of the molecule is NC(Cc1cc(F)c(F)cc1F)C1CCN(C(=O)c2ccnc(C(F)(F)F)n2)CC1. The fraction of sp³-hybridized carbons (Fsp3) is 0.421. The molecular formula is C19H18F6N4O. The van der Waals surface area contributed by atoms with Crippen molar-refractivity contribution in [1.82, 2.24) is 14.9 Å². The lowest BCUT2D eigenvalue weighted by atomic mass is 9.86. The van der Waals surface area contributed by atoms with E-state index in [0.29, 0.717) is 18.9 Å². The fourth-order valence-corrected chi connectivity index (χ4v) is 3.45. The van der Waals surface area contributed by atoms with E-state index in [9.17, 15) is 31.1 Å². The van der Waals surface area contributed by atoms with Crippen molar-refractivity contribution in [3.63, 3.8) is 0 Å². The van der Waals surface area contributed by atoms with Gasteiger partial charge in [-0.3, -0.25) is 4.79 Å². The van der Waals surface area contributed by atoms with Gasteiger partial charge in [0.2, 0.25) is 5.82 Å². The molecule has 1 unspecified atom stereocenters. The van der Waals surface area contributed by atoms with Crippen molar-refractivity contribution in [2.24, 2.45) is 11.7 Å². The molecule has 1 aliphatic heterocycles. The maximum absolute atomic E-state index is 13.8. The number of amides is 1. The first-order valence-corrected chi connectivity index (χ1v) is 9.14. The molecule has 0 aliphatic carbocycles. The Labute approximate surface area is 167 Å². The van der Waals surface area contributed by atoms with Gasteiger partial charge in [0.15, 0.2) is 11.6 Å². The van der Waals surface area contributed by atoms with Gasteiger partial charge in [-0.05, 0) is 42.9 Å². The van der Waals surface area contributed by atoms with E-state index in [1.54, 1.807) is 0 Å². The van der Waals surface area contributed by atoms with E-state index in [4.69, 9.17) is 5.73 Å². The fourth-order valence-electron chi connectivity index (χ4n) is 3.45. The maximum atomic E-state index is 13.8. The molecule has 1 atom stereocenters. The summed E-state index contributed by atoms with van der Waals surface area (Å²) < 4.78 is 78.4. The number of hydrogen-bond donors (Lipinski definition) is 1. The largest absolute Gasteiger partial charge is 0.451 e. The number of nitrogens with zero attached hydrogens (tertiary/aromatic N) is 3. The average molecular weight is 432 g/mol. The van der Waals surface area contributed by atoms with Crippen LogP contribution < -0.4 is 5.73 Å². The molecule has 11 heteroatoms. The Hall–Kier alpha value is -2.69. The lowest BCUT2D eigenvalue weighted by molar-refractivity contribution is -0.145. The molecule has 2 heterocycles. The lowest BCUT2D eigenvalue weighted by Crippen LogP contribution is -2.44. The zero-order chi connectivity index (χ0) is 22.1. The zero-order valence-electron chi connectivity index (χ0n) is 15.6. The Balaban J connectivity index is 1.61. The Morgan fingerprint density at radius 2 is 1.77 bits per heavy atom. The second kappa shape index (κ2) is 8.58. The molecule has 0 bridgehead atoms. The van der Waals surface area contributed by atoms with Crippen molar-refractivity contribution in [3.05, 3.63) is 58.9 Å². The van der Waals surface area contributed by atoms with Crippen LogP contribution in [0.1, 0.15) is 34.7 Å². The molecular weight excluding hydrogens is 414 g/mol. The number of carbonyl (C=O) groups excluding carboxylic acids is 1. The second-order valence-corrected chi connectivity index (χ2v) is 7.12. The van der Waals surface area contributed by atoms with E-state index in [0.717, 1.165) is 18.3 Å². The standard InChI is InChI=1S/C19H18F6N4O/c20-12-9-14(22)13(21)7-11(12)8-15(26)10-2-5-29(6-3-10)17(30)16-1-4-27-18(28-16)19(23,24)25/h1,4,7,9-10,15H,2-3,5-6,8,26H2. The van der Waals surface area contributed by atoms with Crippen LogP contribution in [0.2, 0.25) is 0 Å². The topological polar surface area (TPSA) is 72.1 Å². The molecule has 0 radical (unpaired) electrons. The smallest absolute Gasteiger partial charge is 0.337 e. The lowest BCUT2D eigenvalue weighted by Gasteiger charge is -2.34. The molecule has 3 rings (SSSR count). The number of alkyl halides is 3. The third kappa shape index (κ3) is 4.89. The van der Waals surface area contributed by atoms with Crippen molar-refractivity contribution in [1.29, 1.82) is 0 Å². The molecule has 1 fully saturated rings. The number of piperidine rings is 1. The summed E-state index contributed by atoms with van der Waals surface area (Å²) in [5.74, 6) is -5.50. The van der Waals surface area contributed by atoms with Crippen LogP contribution in [0.5, 0.6) is 0 Å². The number of benzene rings is 1. The Bertz CT molecular complexity index is 928. The van der Waals surface area contributed by atoms with Crippen LogP contribution in [-0.2, 0) is 12.6 Å². The van der Waals surface area contributed by atoms with Crippen molar-refractivity contribution < 1.29 is 31.1 Å². The predicted molar refractivity (Wildman–Crippen MR) is 93.7 cm³/mol. The summed E-state index contributed by atoms with van der Waals surface area (Å²) in [6, 6.07) is 1.80. The summed E-state index contributed by atoms with van der Waals surface area (Å²) >= 11 is 0. The summed E-state index contributed by atoms with van der Waals surface area (Å²) in [4.78, 5) is 20.3. The summed E-state index contributed by atoms with van der Waals surface area (Å²) in [6.45, 7) is 0.450. The summed E-state index contributed by atoms with van der Waals surface area (Å²) in [6.07, 6.45) is -3.04. The maximum Gasteiger partial charge on any atom is 0.451 e. The molecule has 5 nitrogen and oxygen atoms in total. The summed E-state index contributed by atoms with van der Waals surface area (Å²) in [5, 5.41) is 0. The Morgan fingerprint density at radius 1 is 1.13 bits per heavy atom. The monoisotopic (exact) mass is 432 g/mol. The average Bonchev–Trinajstić information content (AvgIpc) is 2.71. The van der Waals surface area contributed by atoms with Crippen LogP contribution in [0.4, 0.5) is 26.3 Å². The van der Waals surface area contributed by atoms with Crippen LogP contribution in [0.3, 0.4) is 0 Å². The van der Waals surface area contributed by atoms with Gasteiger partial charge in [-0.15, -0.1) is 0 Å². The van der Waals surface area contributed by atoms with Gasteiger partial charge < -0.3 is 10.6 Å². The van der Waals surface area contributed by atoms with Crippen LogP contribution >= 0.6 is 0 Å². The van der Waals surface area contributed by atoms with E-state index in [1.807, 2.05) is 0 Å². The van der Waals surface area contributed by atoms with E-state index in [-0.39, 0.29) is 36.7 Å². The molecule has 2 aromatic rings.